The first-order valence-corrected chi connectivity index (χ1v) is 8.04. The fraction of sp³-hybridized carbons (Fsp3) is 0.100. The Bertz CT molecular complexity index is 1050. The van der Waals surface area contributed by atoms with Crippen molar-refractivity contribution in [1.82, 2.24) is 0 Å². The van der Waals surface area contributed by atoms with Crippen LogP contribution in [0.5, 0.6) is 0 Å². The van der Waals surface area contributed by atoms with Crippen LogP contribution in [0.1, 0.15) is 16.7 Å². The summed E-state index contributed by atoms with van der Waals surface area (Å²) in [6.45, 7) is 1.96. The first-order chi connectivity index (χ1) is 12.1. The van der Waals surface area contributed by atoms with Gasteiger partial charge in [0.1, 0.15) is 0 Å². The van der Waals surface area contributed by atoms with E-state index in [0.717, 1.165) is 16.7 Å². The Morgan fingerprint density at radius 1 is 0.960 bits per heavy atom. The van der Waals surface area contributed by atoms with Crippen molar-refractivity contribution >= 4 is 23.6 Å². The van der Waals surface area contributed by atoms with E-state index >= 15 is 0 Å². The number of nitrogens with zero attached hydrogens (tertiary/aromatic N) is 3. The van der Waals surface area contributed by atoms with Gasteiger partial charge in [0, 0.05) is 0 Å². The average molecular weight is 327 g/mol. The molecule has 0 bridgehead atoms. The number of rotatable bonds is 1. The minimum Gasteiger partial charge on any atom is -0.268 e. The van der Waals surface area contributed by atoms with Crippen molar-refractivity contribution in [1.29, 1.82) is 0 Å². The largest absolute Gasteiger partial charge is 0.286 e. The predicted octanol–water partition coefficient (Wildman–Crippen LogP) is 3.51. The molecular weight excluding hydrogens is 314 g/mol. The highest BCUT2D eigenvalue weighted by Gasteiger charge is 2.55. The summed E-state index contributed by atoms with van der Waals surface area (Å²) in [7, 11) is 0. The molecule has 5 rings (SSSR count). The lowest BCUT2D eigenvalue weighted by Crippen LogP contribution is -2.35. The topological polar surface area (TPSA) is 62.1 Å². The van der Waals surface area contributed by atoms with E-state index in [-0.39, 0.29) is 11.6 Å². The molecule has 2 aromatic carbocycles. The number of azo groups is 1. The summed E-state index contributed by atoms with van der Waals surface area (Å²) < 4.78 is 0. The average Bonchev–Trinajstić information content (AvgIpc) is 3.26. The third kappa shape index (κ3) is 1.67. The molecule has 3 aliphatic rings. The van der Waals surface area contributed by atoms with Crippen LogP contribution in [0.3, 0.4) is 0 Å². The summed E-state index contributed by atoms with van der Waals surface area (Å²) in [5.41, 5.74) is 3.01. The normalized spacial score (nSPS) is 23.2. The van der Waals surface area contributed by atoms with E-state index in [9.17, 15) is 9.59 Å². The van der Waals surface area contributed by atoms with Crippen molar-refractivity contribution in [2.75, 3.05) is 4.90 Å². The molecule has 2 aliphatic heterocycles. The van der Waals surface area contributed by atoms with Crippen molar-refractivity contribution in [2.24, 2.45) is 10.2 Å². The maximum atomic E-state index is 13.1. The first kappa shape index (κ1) is 14.0. The van der Waals surface area contributed by atoms with Crippen LogP contribution < -0.4 is 4.90 Å². The molecule has 0 fully saturated rings. The number of benzene rings is 2. The zero-order valence-corrected chi connectivity index (χ0v) is 13.4. The molecule has 0 radical (unpaired) electrons. The molecule has 0 saturated carbocycles. The van der Waals surface area contributed by atoms with Crippen LogP contribution >= 0.6 is 0 Å². The molecule has 2 heterocycles. The van der Waals surface area contributed by atoms with E-state index < -0.39 is 11.4 Å². The number of hydrogen-bond donors (Lipinski definition) is 0. The number of aryl methyl sites for hydroxylation is 1. The van der Waals surface area contributed by atoms with E-state index in [4.69, 9.17) is 0 Å². The fourth-order valence-corrected chi connectivity index (χ4v) is 3.66. The van der Waals surface area contributed by atoms with Crippen molar-refractivity contribution < 1.29 is 9.59 Å². The lowest BCUT2D eigenvalue weighted by molar-refractivity contribution is -0.121. The Morgan fingerprint density at radius 2 is 1.72 bits per heavy atom. The Labute approximate surface area is 144 Å². The van der Waals surface area contributed by atoms with Crippen LogP contribution in [0.15, 0.2) is 76.1 Å². The molecule has 2 aromatic rings. The number of hydrogen-bond acceptors (Lipinski definition) is 4. The van der Waals surface area contributed by atoms with Crippen molar-refractivity contribution in [3.8, 4) is 0 Å². The highest BCUT2D eigenvalue weighted by molar-refractivity contribution is 6.34. The lowest BCUT2D eigenvalue weighted by Gasteiger charge is -2.23. The standard InChI is InChI=1S/C20H13N3O2/c1-12-6-8-14(9-7-12)23-18(24)16-17(19(23)25)21-22-20(16)11-10-13-4-2-3-5-15(13)20/h2-11H,1H3/t20-/m1/s1. The van der Waals surface area contributed by atoms with Gasteiger partial charge < -0.3 is 0 Å². The quantitative estimate of drug-likeness (QED) is 0.753. The van der Waals surface area contributed by atoms with Gasteiger partial charge in [-0.1, -0.05) is 48.0 Å². The molecule has 5 heteroatoms. The van der Waals surface area contributed by atoms with Gasteiger partial charge in [-0.2, -0.15) is 5.11 Å². The summed E-state index contributed by atoms with van der Waals surface area (Å²) in [5.74, 6) is -0.766. The minimum absolute atomic E-state index is 0.145. The number of amides is 2. The Morgan fingerprint density at radius 3 is 2.52 bits per heavy atom. The molecule has 0 N–H and O–H groups in total. The second-order valence-corrected chi connectivity index (χ2v) is 6.39. The zero-order valence-electron chi connectivity index (χ0n) is 13.4. The fourth-order valence-electron chi connectivity index (χ4n) is 3.66. The van der Waals surface area contributed by atoms with Crippen molar-refractivity contribution in [3.63, 3.8) is 0 Å². The summed E-state index contributed by atoms with van der Waals surface area (Å²) in [6, 6.07) is 15.0. The van der Waals surface area contributed by atoms with Crippen LogP contribution in [0, 0.1) is 6.92 Å². The molecule has 25 heavy (non-hydrogen) atoms. The monoisotopic (exact) mass is 327 g/mol. The third-order valence-corrected chi connectivity index (χ3v) is 4.92. The van der Waals surface area contributed by atoms with Gasteiger partial charge in [-0.3, -0.25) is 9.59 Å². The summed E-state index contributed by atoms with van der Waals surface area (Å²) in [6.07, 6.45) is 3.78. The highest BCUT2D eigenvalue weighted by atomic mass is 16.2. The van der Waals surface area contributed by atoms with Gasteiger partial charge >= 0.3 is 0 Å². The number of fused-ring (bicyclic) bond motifs is 3. The molecule has 0 saturated heterocycles. The van der Waals surface area contributed by atoms with E-state index in [1.807, 2.05) is 55.5 Å². The Balaban J connectivity index is 1.65. The van der Waals surface area contributed by atoms with Crippen molar-refractivity contribution in [2.45, 2.75) is 12.5 Å². The SMILES string of the molecule is Cc1ccc(N2C(=O)C3=C(C2=O)[C@]2(C=Cc4ccccc42)N=N3)cc1. The Kier molecular flexibility index (Phi) is 2.58. The van der Waals surface area contributed by atoms with Gasteiger partial charge in [0.25, 0.3) is 11.8 Å². The van der Waals surface area contributed by atoms with Crippen molar-refractivity contribution in [3.05, 3.63) is 82.6 Å². The molecule has 120 valence electrons. The smallest absolute Gasteiger partial charge is 0.268 e. The molecule has 1 atom stereocenters. The summed E-state index contributed by atoms with van der Waals surface area (Å²) in [4.78, 5) is 27.1. The van der Waals surface area contributed by atoms with Gasteiger partial charge in [0.05, 0.1) is 11.3 Å². The molecule has 2 amide bonds. The molecular formula is C20H13N3O2. The first-order valence-electron chi connectivity index (χ1n) is 8.04. The number of carbonyl (C=O) groups is 2. The molecule has 5 nitrogen and oxygen atoms in total. The van der Waals surface area contributed by atoms with Crippen LogP contribution in [-0.4, -0.2) is 11.8 Å². The third-order valence-electron chi connectivity index (χ3n) is 4.92. The molecule has 1 aliphatic carbocycles. The van der Waals surface area contributed by atoms with E-state index in [0.29, 0.717) is 11.3 Å². The number of anilines is 1. The summed E-state index contributed by atoms with van der Waals surface area (Å²) >= 11 is 0. The van der Waals surface area contributed by atoms with Crippen LogP contribution in [0.2, 0.25) is 0 Å². The second-order valence-electron chi connectivity index (χ2n) is 6.39. The predicted molar refractivity (Wildman–Crippen MR) is 92.7 cm³/mol. The van der Waals surface area contributed by atoms with Gasteiger partial charge in [-0.15, -0.1) is 5.11 Å². The number of carbonyl (C=O) groups excluding carboxylic acids is 2. The lowest BCUT2D eigenvalue weighted by atomic mass is 9.85. The molecule has 0 aromatic heterocycles. The van der Waals surface area contributed by atoms with Crippen LogP contribution in [-0.2, 0) is 15.1 Å². The van der Waals surface area contributed by atoms with Gasteiger partial charge in [-0.05, 0) is 36.3 Å². The molecule has 1 spiro atoms. The van der Waals surface area contributed by atoms with Gasteiger partial charge in [0.2, 0.25) is 0 Å². The number of imide groups is 1. The molecule has 0 unspecified atom stereocenters. The second kappa shape index (κ2) is 4.60. The maximum Gasteiger partial charge on any atom is 0.286 e. The van der Waals surface area contributed by atoms with Gasteiger partial charge in [-0.25, -0.2) is 4.90 Å². The highest BCUT2D eigenvalue weighted by Crippen LogP contribution is 2.51. The van der Waals surface area contributed by atoms with E-state index in [2.05, 4.69) is 10.2 Å². The van der Waals surface area contributed by atoms with E-state index in [1.165, 1.54) is 4.90 Å². The van der Waals surface area contributed by atoms with Crippen LogP contribution in [0.25, 0.3) is 6.08 Å². The minimum atomic E-state index is -0.974. The van der Waals surface area contributed by atoms with Gasteiger partial charge in [0.15, 0.2) is 11.2 Å². The maximum absolute atomic E-state index is 13.1. The Hall–Kier alpha value is -3.34. The zero-order chi connectivity index (χ0) is 17.2. The summed E-state index contributed by atoms with van der Waals surface area (Å²) in [5, 5.41) is 8.43. The van der Waals surface area contributed by atoms with E-state index in [1.54, 1.807) is 12.1 Å². The van der Waals surface area contributed by atoms with Crippen LogP contribution in [0.4, 0.5) is 5.69 Å².